The van der Waals surface area contributed by atoms with Crippen LogP contribution in [-0.2, 0) is 4.79 Å². The molecule has 1 aromatic carbocycles. The standard InChI is InChI=1S/C15H22N2O2.ClH/c1-12-5-4-6-13(11-12)19-10-9-17-15(18)14-7-2-3-8-16-14;/h4-6,11,14,16H,2-3,7-10H2,1H3,(H,17,18);1H/t14-;/m1./s1. The summed E-state index contributed by atoms with van der Waals surface area (Å²) in [6.45, 7) is 4.02. The normalized spacial score (nSPS) is 17.9. The summed E-state index contributed by atoms with van der Waals surface area (Å²) >= 11 is 0. The van der Waals surface area contributed by atoms with Gasteiger partial charge in [0, 0.05) is 0 Å². The monoisotopic (exact) mass is 298 g/mol. The molecule has 112 valence electrons. The number of carbonyl (C=O) groups is 1. The van der Waals surface area contributed by atoms with Crippen molar-refractivity contribution in [2.45, 2.75) is 32.2 Å². The number of benzene rings is 1. The van der Waals surface area contributed by atoms with Crippen LogP contribution in [-0.4, -0.2) is 31.6 Å². The van der Waals surface area contributed by atoms with Crippen molar-refractivity contribution < 1.29 is 9.53 Å². The van der Waals surface area contributed by atoms with E-state index >= 15 is 0 Å². The van der Waals surface area contributed by atoms with Crippen molar-refractivity contribution in [1.82, 2.24) is 10.6 Å². The van der Waals surface area contributed by atoms with Gasteiger partial charge < -0.3 is 15.4 Å². The maximum absolute atomic E-state index is 11.8. The predicted molar refractivity (Wildman–Crippen MR) is 82.6 cm³/mol. The second-order valence-electron chi connectivity index (χ2n) is 4.96. The molecule has 0 saturated carbocycles. The highest BCUT2D eigenvalue weighted by Crippen LogP contribution is 2.11. The molecule has 5 heteroatoms. The van der Waals surface area contributed by atoms with Crippen LogP contribution in [0.25, 0.3) is 0 Å². The molecule has 0 unspecified atom stereocenters. The number of amides is 1. The molecule has 0 radical (unpaired) electrons. The Balaban J connectivity index is 0.00000200. The van der Waals surface area contributed by atoms with Crippen molar-refractivity contribution in [2.75, 3.05) is 19.7 Å². The van der Waals surface area contributed by atoms with Crippen molar-refractivity contribution in [1.29, 1.82) is 0 Å². The third-order valence-corrected chi connectivity index (χ3v) is 3.29. The molecule has 4 nitrogen and oxygen atoms in total. The van der Waals surface area contributed by atoms with Crippen molar-refractivity contribution in [3.63, 3.8) is 0 Å². The minimum Gasteiger partial charge on any atom is -0.492 e. The second-order valence-corrected chi connectivity index (χ2v) is 4.96. The van der Waals surface area contributed by atoms with Gasteiger partial charge in [0.25, 0.3) is 0 Å². The Kier molecular flexibility index (Phi) is 7.41. The SMILES string of the molecule is Cc1cccc(OCCNC(=O)[C@H]2CCCCN2)c1.Cl. The quantitative estimate of drug-likeness (QED) is 0.818. The number of ether oxygens (including phenoxy) is 1. The molecule has 1 atom stereocenters. The average Bonchev–Trinajstić information content (AvgIpc) is 2.44. The predicted octanol–water partition coefficient (Wildman–Crippen LogP) is 2.05. The van der Waals surface area contributed by atoms with E-state index in [-0.39, 0.29) is 24.4 Å². The Morgan fingerprint density at radius 3 is 3.00 bits per heavy atom. The third kappa shape index (κ3) is 5.39. The van der Waals surface area contributed by atoms with Crippen LogP contribution in [0.1, 0.15) is 24.8 Å². The van der Waals surface area contributed by atoms with Gasteiger partial charge in [-0.05, 0) is 44.0 Å². The molecule has 1 aliphatic rings. The largest absolute Gasteiger partial charge is 0.492 e. The van der Waals surface area contributed by atoms with Gasteiger partial charge in [0.05, 0.1) is 12.6 Å². The first-order valence-corrected chi connectivity index (χ1v) is 6.96. The van der Waals surface area contributed by atoms with Crippen LogP contribution in [0.4, 0.5) is 0 Å². The van der Waals surface area contributed by atoms with Gasteiger partial charge in [0.2, 0.25) is 5.91 Å². The van der Waals surface area contributed by atoms with Crippen LogP contribution in [0, 0.1) is 6.92 Å². The van der Waals surface area contributed by atoms with Crippen molar-refractivity contribution in [3.05, 3.63) is 29.8 Å². The minimum atomic E-state index is -0.0206. The summed E-state index contributed by atoms with van der Waals surface area (Å²) < 4.78 is 5.59. The van der Waals surface area contributed by atoms with Crippen LogP contribution < -0.4 is 15.4 Å². The Morgan fingerprint density at radius 1 is 1.45 bits per heavy atom. The summed E-state index contributed by atoms with van der Waals surface area (Å²) in [7, 11) is 0. The molecule has 0 aromatic heterocycles. The number of aryl methyl sites for hydroxylation is 1. The van der Waals surface area contributed by atoms with E-state index in [4.69, 9.17) is 4.74 Å². The lowest BCUT2D eigenvalue weighted by atomic mass is 10.0. The van der Waals surface area contributed by atoms with E-state index in [1.54, 1.807) is 0 Å². The zero-order chi connectivity index (χ0) is 13.5. The molecule has 0 bridgehead atoms. The van der Waals surface area contributed by atoms with Gasteiger partial charge in [-0.15, -0.1) is 12.4 Å². The van der Waals surface area contributed by atoms with E-state index in [0.717, 1.165) is 25.1 Å². The molecule has 1 amide bonds. The zero-order valence-electron chi connectivity index (χ0n) is 11.9. The van der Waals surface area contributed by atoms with Crippen LogP contribution in [0.3, 0.4) is 0 Å². The van der Waals surface area contributed by atoms with Crippen LogP contribution in [0.5, 0.6) is 5.75 Å². The van der Waals surface area contributed by atoms with Crippen molar-refractivity contribution in [3.8, 4) is 5.75 Å². The maximum Gasteiger partial charge on any atom is 0.237 e. The first-order valence-electron chi connectivity index (χ1n) is 6.96. The Hall–Kier alpha value is -1.26. The Labute approximate surface area is 126 Å². The fraction of sp³-hybridized carbons (Fsp3) is 0.533. The number of piperidine rings is 1. The van der Waals surface area contributed by atoms with Gasteiger partial charge >= 0.3 is 0 Å². The van der Waals surface area contributed by atoms with Crippen molar-refractivity contribution in [2.24, 2.45) is 0 Å². The van der Waals surface area contributed by atoms with Crippen LogP contribution in [0.2, 0.25) is 0 Å². The molecular weight excluding hydrogens is 276 g/mol. The highest BCUT2D eigenvalue weighted by Gasteiger charge is 2.19. The van der Waals surface area contributed by atoms with Gasteiger partial charge in [-0.25, -0.2) is 0 Å². The van der Waals surface area contributed by atoms with Crippen LogP contribution in [0.15, 0.2) is 24.3 Å². The van der Waals surface area contributed by atoms with Gasteiger partial charge in [0.15, 0.2) is 0 Å². The van der Waals surface area contributed by atoms with E-state index in [0.29, 0.717) is 13.2 Å². The fourth-order valence-corrected chi connectivity index (χ4v) is 2.25. The summed E-state index contributed by atoms with van der Waals surface area (Å²) in [6.07, 6.45) is 3.23. The topological polar surface area (TPSA) is 50.4 Å². The van der Waals surface area contributed by atoms with E-state index in [9.17, 15) is 4.79 Å². The average molecular weight is 299 g/mol. The lowest BCUT2D eigenvalue weighted by Gasteiger charge is -2.22. The number of nitrogens with one attached hydrogen (secondary N) is 2. The van der Waals surface area contributed by atoms with Crippen molar-refractivity contribution >= 4 is 18.3 Å². The smallest absolute Gasteiger partial charge is 0.237 e. The minimum absolute atomic E-state index is 0. The maximum atomic E-state index is 11.8. The van der Waals surface area contributed by atoms with Gasteiger partial charge in [-0.2, -0.15) is 0 Å². The summed E-state index contributed by atoms with van der Waals surface area (Å²) in [5.74, 6) is 0.942. The Morgan fingerprint density at radius 2 is 2.30 bits per heavy atom. The molecule has 1 aromatic rings. The Bertz CT molecular complexity index is 420. The second kappa shape index (κ2) is 8.82. The summed E-state index contributed by atoms with van der Waals surface area (Å²) in [5, 5.41) is 6.14. The van der Waals surface area contributed by atoms with Gasteiger partial charge in [-0.1, -0.05) is 18.6 Å². The third-order valence-electron chi connectivity index (χ3n) is 3.29. The lowest BCUT2D eigenvalue weighted by Crippen LogP contribution is -2.47. The molecule has 20 heavy (non-hydrogen) atoms. The number of rotatable bonds is 5. The van der Waals surface area contributed by atoms with E-state index in [2.05, 4.69) is 10.6 Å². The molecule has 0 aliphatic carbocycles. The molecule has 0 spiro atoms. The van der Waals surface area contributed by atoms with E-state index < -0.39 is 0 Å². The lowest BCUT2D eigenvalue weighted by molar-refractivity contribution is -0.123. The molecular formula is C15H23ClN2O2. The molecule has 1 fully saturated rings. The highest BCUT2D eigenvalue weighted by atomic mass is 35.5. The first-order chi connectivity index (χ1) is 9.25. The summed E-state index contributed by atoms with van der Waals surface area (Å²) in [4.78, 5) is 11.8. The van der Waals surface area contributed by atoms with Gasteiger partial charge in [0.1, 0.15) is 12.4 Å². The summed E-state index contributed by atoms with van der Waals surface area (Å²) in [5.41, 5.74) is 1.17. The first kappa shape index (κ1) is 16.8. The molecule has 1 saturated heterocycles. The number of carbonyl (C=O) groups excluding carboxylic acids is 1. The highest BCUT2D eigenvalue weighted by molar-refractivity contribution is 5.85. The number of halogens is 1. The number of hydrogen-bond donors (Lipinski definition) is 2. The zero-order valence-corrected chi connectivity index (χ0v) is 12.7. The van der Waals surface area contributed by atoms with E-state index in [1.807, 2.05) is 31.2 Å². The summed E-state index contributed by atoms with van der Waals surface area (Å²) in [6, 6.07) is 7.90. The fourth-order valence-electron chi connectivity index (χ4n) is 2.25. The molecule has 1 heterocycles. The molecule has 1 aliphatic heterocycles. The van der Waals surface area contributed by atoms with Gasteiger partial charge in [-0.3, -0.25) is 4.79 Å². The molecule has 2 N–H and O–H groups in total. The molecule has 2 rings (SSSR count). The van der Waals surface area contributed by atoms with Crippen LogP contribution >= 0.6 is 12.4 Å². The van der Waals surface area contributed by atoms with E-state index in [1.165, 1.54) is 12.0 Å². The number of hydrogen-bond acceptors (Lipinski definition) is 3.